The molecular formula is C14H15N3O3. The van der Waals surface area contributed by atoms with Crippen LogP contribution in [-0.2, 0) is 4.79 Å². The molecule has 1 aromatic heterocycles. The van der Waals surface area contributed by atoms with E-state index in [1.807, 2.05) is 13.0 Å². The first-order valence-corrected chi connectivity index (χ1v) is 6.28. The van der Waals surface area contributed by atoms with Crippen molar-refractivity contribution in [3.05, 3.63) is 48.5 Å². The minimum absolute atomic E-state index is 0.158. The number of aromatic nitrogens is 3. The fourth-order valence-corrected chi connectivity index (χ4v) is 1.73. The largest absolute Gasteiger partial charge is 0.475 e. The summed E-state index contributed by atoms with van der Waals surface area (Å²) in [5.41, 5.74) is 0.425. The van der Waals surface area contributed by atoms with Crippen LogP contribution >= 0.6 is 0 Å². The maximum absolute atomic E-state index is 11.5. The van der Waals surface area contributed by atoms with Gasteiger partial charge >= 0.3 is 5.97 Å². The van der Waals surface area contributed by atoms with E-state index in [4.69, 9.17) is 4.74 Å². The van der Waals surface area contributed by atoms with E-state index in [2.05, 4.69) is 10.2 Å². The standard InChI is InChI=1S/C14H15N3O3/c1-2-6-12(17-15-9-10-16-17)13(14(18)19)20-11-7-4-3-5-8-11/h3-5,7-10H,2,6H2,1H3,(H,18,19). The number of rotatable bonds is 6. The molecule has 1 aromatic carbocycles. The third kappa shape index (κ3) is 3.23. The Morgan fingerprint density at radius 2 is 1.90 bits per heavy atom. The minimum atomic E-state index is -1.14. The Labute approximate surface area is 116 Å². The molecule has 0 atom stereocenters. The predicted molar refractivity (Wildman–Crippen MR) is 72.9 cm³/mol. The summed E-state index contributed by atoms with van der Waals surface area (Å²) in [5, 5.41) is 17.3. The predicted octanol–water partition coefficient (Wildman–Crippen LogP) is 2.41. The molecule has 0 spiro atoms. The number of carboxylic acid groups (broad SMARTS) is 1. The van der Waals surface area contributed by atoms with Crippen LogP contribution in [0.4, 0.5) is 0 Å². The molecular weight excluding hydrogens is 258 g/mol. The third-order valence-corrected chi connectivity index (χ3v) is 2.57. The van der Waals surface area contributed by atoms with Crippen molar-refractivity contribution < 1.29 is 14.6 Å². The van der Waals surface area contributed by atoms with Gasteiger partial charge in [-0.1, -0.05) is 31.5 Å². The van der Waals surface area contributed by atoms with Crippen LogP contribution in [0.1, 0.15) is 19.8 Å². The number of aliphatic carboxylic acids is 1. The van der Waals surface area contributed by atoms with Crippen molar-refractivity contribution in [3.63, 3.8) is 0 Å². The van der Waals surface area contributed by atoms with Crippen LogP contribution in [-0.4, -0.2) is 26.1 Å². The number of hydrogen-bond acceptors (Lipinski definition) is 4. The molecule has 0 saturated carbocycles. The molecule has 1 heterocycles. The highest BCUT2D eigenvalue weighted by Crippen LogP contribution is 2.20. The normalized spacial score (nSPS) is 11.8. The van der Waals surface area contributed by atoms with Crippen LogP contribution in [0.2, 0.25) is 0 Å². The lowest BCUT2D eigenvalue weighted by molar-refractivity contribution is -0.135. The lowest BCUT2D eigenvalue weighted by atomic mass is 10.2. The molecule has 2 rings (SSSR count). The average molecular weight is 273 g/mol. The Kier molecular flexibility index (Phi) is 4.49. The zero-order valence-corrected chi connectivity index (χ0v) is 11.1. The van der Waals surface area contributed by atoms with Crippen molar-refractivity contribution in [3.8, 4) is 5.75 Å². The van der Waals surface area contributed by atoms with Gasteiger partial charge in [-0.2, -0.15) is 15.0 Å². The van der Waals surface area contributed by atoms with Crippen molar-refractivity contribution in [1.29, 1.82) is 0 Å². The first-order valence-electron chi connectivity index (χ1n) is 6.28. The fourth-order valence-electron chi connectivity index (χ4n) is 1.73. The molecule has 0 radical (unpaired) electrons. The first kappa shape index (κ1) is 13.8. The highest BCUT2D eigenvalue weighted by Gasteiger charge is 2.19. The van der Waals surface area contributed by atoms with Gasteiger partial charge in [-0.15, -0.1) is 0 Å². The van der Waals surface area contributed by atoms with Crippen LogP contribution in [0.25, 0.3) is 5.70 Å². The zero-order chi connectivity index (χ0) is 14.4. The summed E-state index contributed by atoms with van der Waals surface area (Å²) in [5.74, 6) is -0.838. The molecule has 0 aliphatic rings. The van der Waals surface area contributed by atoms with Crippen LogP contribution in [0, 0.1) is 0 Å². The van der Waals surface area contributed by atoms with Gasteiger partial charge in [0, 0.05) is 0 Å². The summed E-state index contributed by atoms with van der Waals surface area (Å²) in [6.45, 7) is 1.95. The summed E-state index contributed by atoms with van der Waals surface area (Å²) < 4.78 is 5.49. The van der Waals surface area contributed by atoms with Gasteiger partial charge in [0.25, 0.3) is 0 Å². The Balaban J connectivity index is 2.42. The van der Waals surface area contributed by atoms with Crippen molar-refractivity contribution in [2.75, 3.05) is 0 Å². The van der Waals surface area contributed by atoms with E-state index in [0.717, 1.165) is 6.42 Å². The highest BCUT2D eigenvalue weighted by atomic mass is 16.5. The van der Waals surface area contributed by atoms with Gasteiger partial charge in [0.2, 0.25) is 5.76 Å². The Morgan fingerprint density at radius 3 is 2.45 bits per heavy atom. The van der Waals surface area contributed by atoms with Crippen molar-refractivity contribution in [1.82, 2.24) is 15.0 Å². The molecule has 0 fully saturated rings. The topological polar surface area (TPSA) is 77.2 Å². The molecule has 0 bridgehead atoms. The average Bonchev–Trinajstić information content (AvgIpc) is 2.97. The number of carbonyl (C=O) groups is 1. The molecule has 104 valence electrons. The minimum Gasteiger partial charge on any atom is -0.475 e. The van der Waals surface area contributed by atoms with E-state index in [-0.39, 0.29) is 5.76 Å². The Morgan fingerprint density at radius 1 is 1.25 bits per heavy atom. The number of benzene rings is 1. The second-order valence-electron chi connectivity index (χ2n) is 4.06. The summed E-state index contributed by atoms with van der Waals surface area (Å²) in [6, 6.07) is 8.78. The number of carboxylic acids is 1. The molecule has 0 unspecified atom stereocenters. The van der Waals surface area contributed by atoms with E-state index in [1.54, 1.807) is 24.3 Å². The van der Waals surface area contributed by atoms with Crippen LogP contribution < -0.4 is 4.74 Å². The lowest BCUT2D eigenvalue weighted by Crippen LogP contribution is -2.15. The lowest BCUT2D eigenvalue weighted by Gasteiger charge is -2.12. The second kappa shape index (κ2) is 6.51. The maximum Gasteiger partial charge on any atom is 0.373 e. The zero-order valence-electron chi connectivity index (χ0n) is 11.1. The van der Waals surface area contributed by atoms with Crippen molar-refractivity contribution in [2.45, 2.75) is 19.8 Å². The number of para-hydroxylation sites is 1. The van der Waals surface area contributed by atoms with Crippen LogP contribution in [0.5, 0.6) is 5.75 Å². The highest BCUT2D eigenvalue weighted by molar-refractivity contribution is 5.91. The Hall–Kier alpha value is -2.63. The maximum atomic E-state index is 11.5. The number of nitrogens with zero attached hydrogens (tertiary/aromatic N) is 3. The van der Waals surface area contributed by atoms with Crippen LogP contribution in [0.15, 0.2) is 48.5 Å². The molecule has 20 heavy (non-hydrogen) atoms. The van der Waals surface area contributed by atoms with Gasteiger partial charge < -0.3 is 9.84 Å². The van der Waals surface area contributed by atoms with Gasteiger partial charge in [0.05, 0.1) is 12.4 Å². The molecule has 6 heteroatoms. The van der Waals surface area contributed by atoms with E-state index < -0.39 is 5.97 Å². The molecule has 0 amide bonds. The molecule has 0 aliphatic carbocycles. The van der Waals surface area contributed by atoms with Gasteiger partial charge in [-0.3, -0.25) is 0 Å². The molecule has 0 saturated heterocycles. The quantitative estimate of drug-likeness (QED) is 0.646. The second-order valence-corrected chi connectivity index (χ2v) is 4.06. The van der Waals surface area contributed by atoms with E-state index in [9.17, 15) is 9.90 Å². The molecule has 1 N–H and O–H groups in total. The van der Waals surface area contributed by atoms with Gasteiger partial charge in [-0.25, -0.2) is 4.79 Å². The summed E-state index contributed by atoms with van der Waals surface area (Å²) in [4.78, 5) is 12.8. The monoisotopic (exact) mass is 273 g/mol. The number of hydrogen-bond donors (Lipinski definition) is 1. The van der Waals surface area contributed by atoms with Crippen LogP contribution in [0.3, 0.4) is 0 Å². The summed E-state index contributed by atoms with van der Waals surface area (Å²) in [7, 11) is 0. The van der Waals surface area contributed by atoms with E-state index >= 15 is 0 Å². The SMILES string of the molecule is CCCC(=C(Oc1ccccc1)C(=O)O)n1nccn1. The van der Waals surface area contributed by atoms with Gasteiger partial charge in [-0.05, 0) is 18.6 Å². The van der Waals surface area contributed by atoms with Gasteiger partial charge in [0.15, 0.2) is 0 Å². The number of allylic oxidation sites excluding steroid dienone is 1. The van der Waals surface area contributed by atoms with Gasteiger partial charge in [0.1, 0.15) is 11.4 Å². The summed E-state index contributed by atoms with van der Waals surface area (Å²) >= 11 is 0. The molecule has 0 aliphatic heterocycles. The molecule has 6 nitrogen and oxygen atoms in total. The fraction of sp³-hybridized carbons (Fsp3) is 0.214. The summed E-state index contributed by atoms with van der Waals surface area (Å²) in [6.07, 6.45) is 4.25. The van der Waals surface area contributed by atoms with Crippen molar-refractivity contribution in [2.24, 2.45) is 0 Å². The Bertz CT molecular complexity index is 591. The third-order valence-electron chi connectivity index (χ3n) is 2.57. The smallest absolute Gasteiger partial charge is 0.373 e. The molecule has 2 aromatic rings. The van der Waals surface area contributed by atoms with Crippen molar-refractivity contribution >= 4 is 11.7 Å². The van der Waals surface area contributed by atoms with E-state index in [0.29, 0.717) is 17.9 Å². The first-order chi connectivity index (χ1) is 9.72. The van der Waals surface area contributed by atoms with E-state index in [1.165, 1.54) is 17.2 Å². The number of ether oxygens (including phenoxy) is 1.